The molecular formula is C10H12Br2N2O2. The van der Waals surface area contributed by atoms with Crippen LogP contribution in [0.4, 0.5) is 5.69 Å². The van der Waals surface area contributed by atoms with Crippen LogP contribution in [0.15, 0.2) is 16.7 Å². The molecule has 0 N–H and O–H groups in total. The lowest BCUT2D eigenvalue weighted by molar-refractivity contribution is -0.385. The van der Waals surface area contributed by atoms with Crippen LogP contribution < -0.4 is 0 Å². The Hall–Kier alpha value is -0.490. The number of nitrogens with zero attached hydrogens (tertiary/aromatic N) is 2. The Balaban J connectivity index is 2.79. The van der Waals surface area contributed by atoms with Crippen molar-refractivity contribution in [2.24, 2.45) is 0 Å². The topological polar surface area (TPSA) is 56.0 Å². The van der Waals surface area contributed by atoms with E-state index in [1.165, 1.54) is 12.3 Å². The Labute approximate surface area is 111 Å². The molecule has 1 heterocycles. The van der Waals surface area contributed by atoms with Gasteiger partial charge in [-0.05, 0) is 22.4 Å². The largest absolute Gasteiger partial charge is 0.288 e. The highest BCUT2D eigenvalue weighted by Gasteiger charge is 2.13. The SMILES string of the molecule is CCCC(Br)Cc1ncc([N+](=O)[O-])cc1Br. The van der Waals surface area contributed by atoms with Gasteiger partial charge < -0.3 is 0 Å². The summed E-state index contributed by atoms with van der Waals surface area (Å²) in [5.74, 6) is 0. The molecule has 1 aromatic rings. The van der Waals surface area contributed by atoms with Crippen molar-refractivity contribution in [2.45, 2.75) is 31.0 Å². The van der Waals surface area contributed by atoms with E-state index >= 15 is 0 Å². The average Bonchev–Trinajstić information content (AvgIpc) is 2.21. The second-order valence-electron chi connectivity index (χ2n) is 3.47. The van der Waals surface area contributed by atoms with Crippen molar-refractivity contribution in [3.63, 3.8) is 0 Å². The highest BCUT2D eigenvalue weighted by molar-refractivity contribution is 9.10. The third-order valence-electron chi connectivity index (χ3n) is 2.13. The third kappa shape index (κ3) is 3.83. The van der Waals surface area contributed by atoms with E-state index in [9.17, 15) is 10.1 Å². The fourth-order valence-electron chi connectivity index (χ4n) is 1.33. The van der Waals surface area contributed by atoms with Crippen molar-refractivity contribution in [3.8, 4) is 0 Å². The smallest absolute Gasteiger partial charge is 0.258 e. The minimum atomic E-state index is -0.445. The zero-order valence-electron chi connectivity index (χ0n) is 8.82. The van der Waals surface area contributed by atoms with Crippen LogP contribution in [-0.2, 0) is 6.42 Å². The Kier molecular flexibility index (Phi) is 5.34. The van der Waals surface area contributed by atoms with Gasteiger partial charge in [0, 0.05) is 21.8 Å². The third-order valence-corrected chi connectivity index (χ3v) is 3.60. The quantitative estimate of drug-likeness (QED) is 0.459. The van der Waals surface area contributed by atoms with E-state index in [-0.39, 0.29) is 5.69 Å². The predicted molar refractivity (Wildman–Crippen MR) is 69.9 cm³/mol. The van der Waals surface area contributed by atoms with Gasteiger partial charge in [0.1, 0.15) is 6.20 Å². The van der Waals surface area contributed by atoms with Crippen molar-refractivity contribution in [2.75, 3.05) is 0 Å². The maximum atomic E-state index is 10.5. The van der Waals surface area contributed by atoms with Crippen LogP contribution in [0.25, 0.3) is 0 Å². The maximum absolute atomic E-state index is 10.5. The van der Waals surface area contributed by atoms with Crippen LogP contribution in [0, 0.1) is 10.1 Å². The molecule has 1 unspecified atom stereocenters. The Morgan fingerprint density at radius 3 is 2.81 bits per heavy atom. The van der Waals surface area contributed by atoms with Gasteiger partial charge in [-0.25, -0.2) is 0 Å². The number of hydrogen-bond donors (Lipinski definition) is 0. The summed E-state index contributed by atoms with van der Waals surface area (Å²) in [6.07, 6.45) is 4.23. The molecule has 16 heavy (non-hydrogen) atoms. The zero-order valence-corrected chi connectivity index (χ0v) is 12.0. The number of nitro groups is 1. The first kappa shape index (κ1) is 13.6. The lowest BCUT2D eigenvalue weighted by Gasteiger charge is -2.08. The molecule has 0 aliphatic heterocycles. The van der Waals surface area contributed by atoms with E-state index in [2.05, 4.69) is 43.8 Å². The number of aromatic nitrogens is 1. The summed E-state index contributed by atoms with van der Waals surface area (Å²) in [6, 6.07) is 1.49. The fourth-order valence-corrected chi connectivity index (χ4v) is 2.59. The summed E-state index contributed by atoms with van der Waals surface area (Å²) in [6.45, 7) is 2.12. The second kappa shape index (κ2) is 6.30. The van der Waals surface area contributed by atoms with Gasteiger partial charge in [0.15, 0.2) is 0 Å². The molecule has 0 amide bonds. The van der Waals surface area contributed by atoms with Crippen molar-refractivity contribution >= 4 is 37.5 Å². The minimum Gasteiger partial charge on any atom is -0.258 e. The van der Waals surface area contributed by atoms with Crippen LogP contribution in [0.3, 0.4) is 0 Å². The average molecular weight is 352 g/mol. The Bertz CT molecular complexity index is 385. The minimum absolute atomic E-state index is 0.0113. The number of hydrogen-bond acceptors (Lipinski definition) is 3. The number of alkyl halides is 1. The molecular weight excluding hydrogens is 340 g/mol. The number of pyridine rings is 1. The highest BCUT2D eigenvalue weighted by atomic mass is 79.9. The van der Waals surface area contributed by atoms with Crippen molar-refractivity contribution in [1.29, 1.82) is 0 Å². The second-order valence-corrected chi connectivity index (χ2v) is 5.62. The molecule has 1 rings (SSSR count). The van der Waals surface area contributed by atoms with Gasteiger partial charge in [0.05, 0.1) is 10.6 Å². The van der Waals surface area contributed by atoms with E-state index in [0.717, 1.165) is 25.0 Å². The Morgan fingerprint density at radius 1 is 1.62 bits per heavy atom. The molecule has 0 saturated carbocycles. The summed E-state index contributed by atoms with van der Waals surface area (Å²) in [5, 5.41) is 10.5. The van der Waals surface area contributed by atoms with E-state index < -0.39 is 4.92 Å². The summed E-state index contributed by atoms with van der Waals surface area (Å²) >= 11 is 6.87. The lowest BCUT2D eigenvalue weighted by Crippen LogP contribution is -2.05. The lowest BCUT2D eigenvalue weighted by atomic mass is 10.1. The molecule has 0 aromatic carbocycles. The van der Waals surface area contributed by atoms with Crippen LogP contribution >= 0.6 is 31.9 Å². The van der Waals surface area contributed by atoms with Gasteiger partial charge in [-0.15, -0.1) is 0 Å². The fraction of sp³-hybridized carbons (Fsp3) is 0.500. The van der Waals surface area contributed by atoms with E-state index in [4.69, 9.17) is 0 Å². The summed E-state index contributed by atoms with van der Waals surface area (Å²) in [5.41, 5.74) is 0.859. The van der Waals surface area contributed by atoms with Gasteiger partial charge in [-0.3, -0.25) is 15.1 Å². The molecule has 0 aliphatic carbocycles. The number of halogens is 2. The van der Waals surface area contributed by atoms with Crippen molar-refractivity contribution in [1.82, 2.24) is 4.98 Å². The standard InChI is InChI=1S/C10H12Br2N2O2/c1-2-3-7(11)4-10-9(12)5-8(6-13-10)14(15)16/h5-7H,2-4H2,1H3. The van der Waals surface area contributed by atoms with Gasteiger partial charge in [-0.2, -0.15) is 0 Å². The maximum Gasteiger partial charge on any atom is 0.288 e. The molecule has 0 spiro atoms. The monoisotopic (exact) mass is 350 g/mol. The van der Waals surface area contributed by atoms with Gasteiger partial charge >= 0.3 is 0 Å². The molecule has 0 fully saturated rings. The molecule has 1 aromatic heterocycles. The predicted octanol–water partition coefficient (Wildman–Crippen LogP) is 3.86. The van der Waals surface area contributed by atoms with E-state index in [0.29, 0.717) is 9.30 Å². The number of rotatable bonds is 5. The van der Waals surface area contributed by atoms with Gasteiger partial charge in [0.25, 0.3) is 5.69 Å². The summed E-state index contributed by atoms with van der Waals surface area (Å²) < 4.78 is 0.697. The van der Waals surface area contributed by atoms with Crippen LogP contribution in [0.2, 0.25) is 0 Å². The van der Waals surface area contributed by atoms with Crippen LogP contribution in [0.5, 0.6) is 0 Å². The highest BCUT2D eigenvalue weighted by Crippen LogP contribution is 2.24. The first-order valence-corrected chi connectivity index (χ1v) is 6.68. The van der Waals surface area contributed by atoms with Gasteiger partial charge in [-0.1, -0.05) is 29.3 Å². The van der Waals surface area contributed by atoms with E-state index in [1.54, 1.807) is 0 Å². The van der Waals surface area contributed by atoms with E-state index in [1.807, 2.05) is 0 Å². The van der Waals surface area contributed by atoms with Gasteiger partial charge in [0.2, 0.25) is 0 Å². The molecule has 1 atom stereocenters. The molecule has 88 valence electrons. The summed E-state index contributed by atoms with van der Waals surface area (Å²) in [7, 11) is 0. The molecule has 4 nitrogen and oxygen atoms in total. The van der Waals surface area contributed by atoms with Crippen LogP contribution in [-0.4, -0.2) is 14.7 Å². The first-order valence-electron chi connectivity index (χ1n) is 4.97. The normalized spacial score (nSPS) is 12.4. The zero-order chi connectivity index (χ0) is 12.1. The summed E-state index contributed by atoms with van der Waals surface area (Å²) in [4.78, 5) is 14.5. The molecule has 6 heteroatoms. The molecule has 0 aliphatic rings. The molecule has 0 saturated heterocycles. The van der Waals surface area contributed by atoms with Crippen molar-refractivity contribution in [3.05, 3.63) is 32.5 Å². The molecule has 0 bridgehead atoms. The van der Waals surface area contributed by atoms with Crippen LogP contribution in [0.1, 0.15) is 25.5 Å². The Morgan fingerprint density at radius 2 is 2.31 bits per heavy atom. The van der Waals surface area contributed by atoms with Crippen molar-refractivity contribution < 1.29 is 4.92 Å². The molecule has 0 radical (unpaired) electrons. The first-order chi connectivity index (χ1) is 7.54.